The van der Waals surface area contributed by atoms with E-state index in [0.717, 1.165) is 34.4 Å². The molecule has 0 radical (unpaired) electrons. The number of hydrogen-bond donors (Lipinski definition) is 2. The summed E-state index contributed by atoms with van der Waals surface area (Å²) in [7, 11) is 0. The molecular formula is C16H21BrN4O. The van der Waals surface area contributed by atoms with Gasteiger partial charge >= 0.3 is 0 Å². The molecule has 6 heteroatoms. The van der Waals surface area contributed by atoms with Crippen molar-refractivity contribution in [3.8, 4) is 5.69 Å². The molecule has 0 aliphatic carbocycles. The topological polar surface area (TPSA) is 72.9 Å². The summed E-state index contributed by atoms with van der Waals surface area (Å²) in [4.78, 5) is 12.0. The third kappa shape index (κ3) is 3.75. The van der Waals surface area contributed by atoms with Gasteiger partial charge in [0.1, 0.15) is 0 Å². The number of aromatic nitrogens is 2. The van der Waals surface area contributed by atoms with Crippen molar-refractivity contribution in [3.63, 3.8) is 0 Å². The standard InChI is InChI=1S/C16H21BrN4O/c1-11-15(17)12(2)21(20-11)14-7-5-13(6-8-14)16(22)19-10-4-3-9-18/h5-8H,3-4,9-10,18H2,1-2H3,(H,19,22). The highest BCUT2D eigenvalue weighted by Gasteiger charge is 2.11. The van der Waals surface area contributed by atoms with Crippen LogP contribution in [0.1, 0.15) is 34.6 Å². The molecule has 0 unspecified atom stereocenters. The van der Waals surface area contributed by atoms with Crippen LogP contribution in [0.2, 0.25) is 0 Å². The van der Waals surface area contributed by atoms with Crippen LogP contribution in [-0.2, 0) is 0 Å². The van der Waals surface area contributed by atoms with Gasteiger partial charge in [-0.15, -0.1) is 0 Å². The third-order valence-electron chi connectivity index (χ3n) is 3.49. The lowest BCUT2D eigenvalue weighted by atomic mass is 10.2. The second-order valence-corrected chi connectivity index (χ2v) is 5.99. The van der Waals surface area contributed by atoms with Crippen molar-refractivity contribution in [1.82, 2.24) is 15.1 Å². The molecule has 5 nitrogen and oxygen atoms in total. The number of rotatable bonds is 6. The van der Waals surface area contributed by atoms with Crippen LogP contribution in [0.5, 0.6) is 0 Å². The van der Waals surface area contributed by atoms with Crippen LogP contribution < -0.4 is 11.1 Å². The highest BCUT2D eigenvalue weighted by molar-refractivity contribution is 9.10. The summed E-state index contributed by atoms with van der Waals surface area (Å²) in [6, 6.07) is 7.44. The number of nitrogens with two attached hydrogens (primary N) is 1. The Balaban J connectivity index is 2.07. The van der Waals surface area contributed by atoms with Crippen molar-refractivity contribution in [2.24, 2.45) is 5.73 Å². The van der Waals surface area contributed by atoms with E-state index in [4.69, 9.17) is 5.73 Å². The van der Waals surface area contributed by atoms with Crippen LogP contribution in [0.15, 0.2) is 28.7 Å². The second-order valence-electron chi connectivity index (χ2n) is 5.20. The Morgan fingerprint density at radius 1 is 1.27 bits per heavy atom. The number of carbonyl (C=O) groups is 1. The second kappa shape index (κ2) is 7.56. The Morgan fingerprint density at radius 2 is 1.95 bits per heavy atom. The maximum atomic E-state index is 12.0. The highest BCUT2D eigenvalue weighted by atomic mass is 79.9. The van der Waals surface area contributed by atoms with E-state index in [1.165, 1.54) is 0 Å². The van der Waals surface area contributed by atoms with Crippen molar-refractivity contribution < 1.29 is 4.79 Å². The van der Waals surface area contributed by atoms with E-state index in [2.05, 4.69) is 26.3 Å². The zero-order valence-corrected chi connectivity index (χ0v) is 14.5. The van der Waals surface area contributed by atoms with Gasteiger partial charge in [-0.3, -0.25) is 4.79 Å². The first-order valence-corrected chi connectivity index (χ1v) is 8.14. The van der Waals surface area contributed by atoms with Crippen molar-refractivity contribution in [2.45, 2.75) is 26.7 Å². The number of halogens is 1. The smallest absolute Gasteiger partial charge is 0.251 e. The molecule has 2 rings (SSSR count). The van der Waals surface area contributed by atoms with Crippen molar-refractivity contribution in [2.75, 3.05) is 13.1 Å². The van der Waals surface area contributed by atoms with Gasteiger partial charge in [0.2, 0.25) is 0 Å². The lowest BCUT2D eigenvalue weighted by Gasteiger charge is -2.07. The number of aryl methyl sites for hydroxylation is 1. The minimum absolute atomic E-state index is 0.0573. The third-order valence-corrected chi connectivity index (χ3v) is 4.64. The Labute approximate surface area is 139 Å². The minimum Gasteiger partial charge on any atom is -0.352 e. The molecule has 0 saturated carbocycles. The minimum atomic E-state index is -0.0573. The summed E-state index contributed by atoms with van der Waals surface area (Å²) in [5.41, 5.74) is 9.00. The van der Waals surface area contributed by atoms with E-state index in [0.29, 0.717) is 18.7 Å². The average molecular weight is 365 g/mol. The van der Waals surface area contributed by atoms with Crippen molar-refractivity contribution in [3.05, 3.63) is 45.7 Å². The van der Waals surface area contributed by atoms with E-state index >= 15 is 0 Å². The monoisotopic (exact) mass is 364 g/mol. The van der Waals surface area contributed by atoms with Crippen molar-refractivity contribution in [1.29, 1.82) is 0 Å². The molecule has 2 aromatic rings. The van der Waals surface area contributed by atoms with Crippen LogP contribution >= 0.6 is 15.9 Å². The molecule has 0 saturated heterocycles. The Hall–Kier alpha value is -1.66. The molecule has 1 aromatic carbocycles. The quantitative estimate of drug-likeness (QED) is 0.773. The van der Waals surface area contributed by atoms with E-state index < -0.39 is 0 Å². The predicted molar refractivity (Wildman–Crippen MR) is 91.4 cm³/mol. The van der Waals surface area contributed by atoms with Crippen LogP contribution in [0.25, 0.3) is 5.69 Å². The maximum absolute atomic E-state index is 12.0. The molecule has 3 N–H and O–H groups in total. The zero-order chi connectivity index (χ0) is 16.1. The number of carbonyl (C=O) groups excluding carboxylic acids is 1. The molecule has 1 aromatic heterocycles. The molecule has 0 aliphatic rings. The normalized spacial score (nSPS) is 10.7. The summed E-state index contributed by atoms with van der Waals surface area (Å²) in [6.07, 6.45) is 1.83. The predicted octanol–water partition coefficient (Wildman–Crippen LogP) is 2.72. The molecule has 1 heterocycles. The van der Waals surface area contributed by atoms with Crippen molar-refractivity contribution >= 4 is 21.8 Å². The van der Waals surface area contributed by atoms with Crippen LogP contribution in [0.4, 0.5) is 0 Å². The van der Waals surface area contributed by atoms with Gasteiger partial charge in [0.25, 0.3) is 5.91 Å². The Kier molecular flexibility index (Phi) is 5.74. The number of amides is 1. The summed E-state index contributed by atoms with van der Waals surface area (Å²) in [6.45, 7) is 5.27. The fourth-order valence-corrected chi connectivity index (χ4v) is 2.45. The van der Waals surface area contributed by atoms with Crippen LogP contribution in [0.3, 0.4) is 0 Å². The van der Waals surface area contributed by atoms with Gasteiger partial charge in [0.15, 0.2) is 0 Å². The Morgan fingerprint density at radius 3 is 2.50 bits per heavy atom. The number of benzene rings is 1. The fourth-order valence-electron chi connectivity index (χ4n) is 2.20. The number of nitrogens with one attached hydrogen (secondary N) is 1. The lowest BCUT2D eigenvalue weighted by molar-refractivity contribution is 0.0953. The molecule has 0 bridgehead atoms. The van der Waals surface area contributed by atoms with E-state index in [1.807, 2.05) is 42.8 Å². The van der Waals surface area contributed by atoms with Crippen LogP contribution in [-0.4, -0.2) is 28.8 Å². The molecule has 0 atom stereocenters. The van der Waals surface area contributed by atoms with Crippen LogP contribution in [0, 0.1) is 13.8 Å². The number of hydrogen-bond acceptors (Lipinski definition) is 3. The average Bonchev–Trinajstić information content (AvgIpc) is 2.79. The van der Waals surface area contributed by atoms with Gasteiger partial charge in [0, 0.05) is 12.1 Å². The van der Waals surface area contributed by atoms with Gasteiger partial charge in [0.05, 0.1) is 21.5 Å². The number of unbranched alkanes of at least 4 members (excludes halogenated alkanes) is 1. The summed E-state index contributed by atoms with van der Waals surface area (Å²) >= 11 is 3.52. The number of nitrogens with zero attached hydrogens (tertiary/aromatic N) is 2. The summed E-state index contributed by atoms with van der Waals surface area (Å²) < 4.78 is 2.87. The molecule has 118 valence electrons. The summed E-state index contributed by atoms with van der Waals surface area (Å²) in [5, 5.41) is 7.38. The molecule has 1 amide bonds. The van der Waals surface area contributed by atoms with Gasteiger partial charge in [-0.2, -0.15) is 5.10 Å². The maximum Gasteiger partial charge on any atom is 0.251 e. The fraction of sp³-hybridized carbons (Fsp3) is 0.375. The first-order valence-electron chi connectivity index (χ1n) is 7.35. The molecule has 0 spiro atoms. The lowest BCUT2D eigenvalue weighted by Crippen LogP contribution is -2.24. The first kappa shape index (κ1) is 16.7. The van der Waals surface area contributed by atoms with Gasteiger partial charge in [-0.1, -0.05) is 0 Å². The van der Waals surface area contributed by atoms with Gasteiger partial charge in [-0.25, -0.2) is 4.68 Å². The van der Waals surface area contributed by atoms with E-state index in [-0.39, 0.29) is 5.91 Å². The summed E-state index contributed by atoms with van der Waals surface area (Å²) in [5.74, 6) is -0.0573. The zero-order valence-electron chi connectivity index (χ0n) is 12.9. The largest absolute Gasteiger partial charge is 0.352 e. The van der Waals surface area contributed by atoms with E-state index in [1.54, 1.807) is 0 Å². The molecular weight excluding hydrogens is 344 g/mol. The van der Waals surface area contributed by atoms with E-state index in [9.17, 15) is 4.79 Å². The van der Waals surface area contributed by atoms with Gasteiger partial charge < -0.3 is 11.1 Å². The Bertz CT molecular complexity index is 649. The SMILES string of the molecule is Cc1nn(-c2ccc(C(=O)NCCCCN)cc2)c(C)c1Br. The highest BCUT2D eigenvalue weighted by Crippen LogP contribution is 2.23. The first-order chi connectivity index (χ1) is 10.5. The molecule has 0 fully saturated rings. The molecule has 0 aliphatic heterocycles. The molecule has 22 heavy (non-hydrogen) atoms. The van der Waals surface area contributed by atoms with Gasteiger partial charge in [-0.05, 0) is 73.4 Å².